The Labute approximate surface area is 140 Å². The van der Waals surface area contributed by atoms with Crippen molar-refractivity contribution in [2.24, 2.45) is 0 Å². The van der Waals surface area contributed by atoms with Gasteiger partial charge in [-0.1, -0.05) is 0 Å². The highest BCUT2D eigenvalue weighted by molar-refractivity contribution is 5.89. The largest absolute Gasteiger partial charge is 0.493 e. The van der Waals surface area contributed by atoms with Crippen LogP contribution in [0.4, 0.5) is 16.3 Å². The van der Waals surface area contributed by atoms with Crippen molar-refractivity contribution in [2.75, 3.05) is 37.9 Å². The average Bonchev–Trinajstić information content (AvgIpc) is 2.60. The highest BCUT2D eigenvalue weighted by atomic mass is 16.5. The van der Waals surface area contributed by atoms with Crippen molar-refractivity contribution in [3.05, 3.63) is 36.0 Å². The van der Waals surface area contributed by atoms with E-state index < -0.39 is 0 Å². The van der Waals surface area contributed by atoms with Gasteiger partial charge in [0.25, 0.3) is 0 Å². The molecule has 0 unspecified atom stereocenters. The maximum Gasteiger partial charge on any atom is 0.319 e. The summed E-state index contributed by atoms with van der Waals surface area (Å²) in [4.78, 5) is 11.9. The number of aromatic nitrogens is 2. The summed E-state index contributed by atoms with van der Waals surface area (Å²) in [6.07, 6.45) is 0. The molecule has 1 aromatic carbocycles. The molecule has 0 aliphatic rings. The second-order valence-electron chi connectivity index (χ2n) is 4.94. The molecule has 1 aromatic heterocycles. The Kier molecular flexibility index (Phi) is 6.18. The molecule has 1 heterocycles. The summed E-state index contributed by atoms with van der Waals surface area (Å²) in [5.74, 6) is 1.82. The minimum atomic E-state index is -0.306. The topological polar surface area (TPSA) is 97.4 Å². The summed E-state index contributed by atoms with van der Waals surface area (Å²) in [6, 6.07) is 8.56. The molecule has 0 bridgehead atoms. The molecule has 0 aliphatic carbocycles. The van der Waals surface area contributed by atoms with Crippen LogP contribution >= 0.6 is 0 Å². The summed E-state index contributed by atoms with van der Waals surface area (Å²) in [6.45, 7) is 2.85. The molecular formula is C16H21N5O3. The zero-order valence-electron chi connectivity index (χ0n) is 13.9. The number of nitrogens with one attached hydrogen (secondary N) is 3. The van der Waals surface area contributed by atoms with Crippen molar-refractivity contribution >= 4 is 17.5 Å². The van der Waals surface area contributed by atoms with Crippen LogP contribution in [-0.4, -0.2) is 43.5 Å². The SMILES string of the molecule is COc1ccc(NC(=O)NCCNc2ccc(C)nn2)cc1OC. The van der Waals surface area contributed by atoms with Gasteiger partial charge >= 0.3 is 6.03 Å². The van der Waals surface area contributed by atoms with Gasteiger partial charge in [0.1, 0.15) is 5.82 Å². The van der Waals surface area contributed by atoms with E-state index in [1.165, 1.54) is 0 Å². The maximum absolute atomic E-state index is 11.9. The minimum absolute atomic E-state index is 0.306. The van der Waals surface area contributed by atoms with E-state index in [2.05, 4.69) is 26.1 Å². The van der Waals surface area contributed by atoms with Crippen molar-refractivity contribution in [3.8, 4) is 11.5 Å². The zero-order valence-corrected chi connectivity index (χ0v) is 13.9. The molecule has 0 spiro atoms. The van der Waals surface area contributed by atoms with Crippen LogP contribution in [0, 0.1) is 6.92 Å². The number of ether oxygens (including phenoxy) is 2. The molecule has 0 fully saturated rings. The Morgan fingerprint density at radius 1 is 1.04 bits per heavy atom. The van der Waals surface area contributed by atoms with Crippen LogP contribution < -0.4 is 25.4 Å². The lowest BCUT2D eigenvalue weighted by atomic mass is 10.3. The number of nitrogens with zero attached hydrogens (tertiary/aromatic N) is 2. The predicted octanol–water partition coefficient (Wildman–Crippen LogP) is 2.04. The summed E-state index contributed by atoms with van der Waals surface area (Å²) in [5, 5.41) is 16.5. The number of aryl methyl sites for hydroxylation is 1. The van der Waals surface area contributed by atoms with Crippen molar-refractivity contribution in [1.29, 1.82) is 0 Å². The van der Waals surface area contributed by atoms with Crippen molar-refractivity contribution in [1.82, 2.24) is 15.5 Å². The van der Waals surface area contributed by atoms with Crippen LogP contribution in [0.5, 0.6) is 11.5 Å². The lowest BCUT2D eigenvalue weighted by Crippen LogP contribution is -2.32. The molecule has 8 heteroatoms. The Balaban J connectivity index is 1.76. The van der Waals surface area contributed by atoms with Gasteiger partial charge in [-0.05, 0) is 31.2 Å². The monoisotopic (exact) mass is 331 g/mol. The average molecular weight is 331 g/mol. The number of methoxy groups -OCH3 is 2. The van der Waals surface area contributed by atoms with Crippen LogP contribution in [-0.2, 0) is 0 Å². The van der Waals surface area contributed by atoms with Gasteiger partial charge in [-0.15, -0.1) is 5.10 Å². The summed E-state index contributed by atoms with van der Waals surface area (Å²) in [5.41, 5.74) is 1.47. The predicted molar refractivity (Wildman–Crippen MR) is 91.8 cm³/mol. The van der Waals surface area contributed by atoms with E-state index in [4.69, 9.17) is 9.47 Å². The summed E-state index contributed by atoms with van der Waals surface area (Å²) in [7, 11) is 3.10. The van der Waals surface area contributed by atoms with Gasteiger partial charge in [0, 0.05) is 24.8 Å². The third-order valence-electron chi connectivity index (χ3n) is 3.16. The fourth-order valence-electron chi connectivity index (χ4n) is 1.95. The summed E-state index contributed by atoms with van der Waals surface area (Å²) < 4.78 is 10.3. The minimum Gasteiger partial charge on any atom is -0.493 e. The number of anilines is 2. The highest BCUT2D eigenvalue weighted by Crippen LogP contribution is 2.29. The van der Waals surface area contributed by atoms with Crippen molar-refractivity contribution in [2.45, 2.75) is 6.92 Å². The molecule has 8 nitrogen and oxygen atoms in total. The fraction of sp³-hybridized carbons (Fsp3) is 0.312. The molecule has 0 saturated carbocycles. The quantitative estimate of drug-likeness (QED) is 0.672. The van der Waals surface area contributed by atoms with Crippen molar-refractivity contribution < 1.29 is 14.3 Å². The standard InChI is InChI=1S/C16H21N5O3/c1-11-4-7-15(21-20-11)17-8-9-18-16(22)19-12-5-6-13(23-2)14(10-12)24-3/h4-7,10H,8-9H2,1-3H3,(H,17,21)(H2,18,19,22). The Morgan fingerprint density at radius 3 is 2.50 bits per heavy atom. The lowest BCUT2D eigenvalue weighted by Gasteiger charge is -2.11. The van der Waals surface area contributed by atoms with Gasteiger partial charge < -0.3 is 25.4 Å². The lowest BCUT2D eigenvalue weighted by molar-refractivity contribution is 0.252. The second-order valence-corrected chi connectivity index (χ2v) is 4.94. The first-order valence-corrected chi connectivity index (χ1v) is 7.43. The number of carbonyl (C=O) groups excluding carboxylic acids is 1. The number of hydrogen-bond acceptors (Lipinski definition) is 6. The van der Waals surface area contributed by atoms with E-state index in [0.29, 0.717) is 36.1 Å². The normalized spacial score (nSPS) is 9.96. The Morgan fingerprint density at radius 2 is 1.83 bits per heavy atom. The molecule has 128 valence electrons. The summed E-state index contributed by atoms with van der Waals surface area (Å²) >= 11 is 0. The van der Waals surface area contributed by atoms with Crippen LogP contribution in [0.25, 0.3) is 0 Å². The Hall–Kier alpha value is -3.03. The fourth-order valence-corrected chi connectivity index (χ4v) is 1.95. The van der Waals surface area contributed by atoms with Crippen LogP contribution in [0.3, 0.4) is 0 Å². The van der Waals surface area contributed by atoms with E-state index in [0.717, 1.165) is 5.69 Å². The first-order chi connectivity index (χ1) is 11.6. The molecular weight excluding hydrogens is 310 g/mol. The number of amides is 2. The molecule has 0 radical (unpaired) electrons. The van der Waals surface area contributed by atoms with Gasteiger partial charge in [0.15, 0.2) is 11.5 Å². The van der Waals surface area contributed by atoms with Crippen LogP contribution in [0.2, 0.25) is 0 Å². The van der Waals surface area contributed by atoms with Crippen molar-refractivity contribution in [3.63, 3.8) is 0 Å². The number of urea groups is 1. The first kappa shape index (κ1) is 17.3. The molecule has 2 rings (SSSR count). The molecule has 24 heavy (non-hydrogen) atoms. The Bertz CT molecular complexity index is 676. The third-order valence-corrected chi connectivity index (χ3v) is 3.16. The van der Waals surface area contributed by atoms with Gasteiger partial charge in [-0.25, -0.2) is 4.79 Å². The van der Waals surface area contributed by atoms with Gasteiger partial charge in [-0.2, -0.15) is 5.10 Å². The molecule has 0 saturated heterocycles. The van der Waals surface area contributed by atoms with E-state index in [1.54, 1.807) is 32.4 Å². The number of hydrogen-bond donors (Lipinski definition) is 3. The van der Waals surface area contributed by atoms with Gasteiger partial charge in [-0.3, -0.25) is 0 Å². The second kappa shape index (κ2) is 8.56. The smallest absolute Gasteiger partial charge is 0.319 e. The number of benzene rings is 1. The van der Waals surface area contributed by atoms with E-state index in [9.17, 15) is 4.79 Å². The molecule has 3 N–H and O–H groups in total. The number of rotatable bonds is 7. The van der Waals surface area contributed by atoms with E-state index >= 15 is 0 Å². The number of carbonyl (C=O) groups is 1. The maximum atomic E-state index is 11.9. The van der Waals surface area contributed by atoms with E-state index in [-0.39, 0.29) is 6.03 Å². The van der Waals surface area contributed by atoms with Crippen LogP contribution in [0.15, 0.2) is 30.3 Å². The molecule has 2 amide bonds. The van der Waals surface area contributed by atoms with Gasteiger partial charge in [0.05, 0.1) is 19.9 Å². The highest BCUT2D eigenvalue weighted by Gasteiger charge is 2.07. The molecule has 0 aliphatic heterocycles. The molecule has 2 aromatic rings. The zero-order chi connectivity index (χ0) is 17.4. The van der Waals surface area contributed by atoms with Crippen LogP contribution in [0.1, 0.15) is 5.69 Å². The first-order valence-electron chi connectivity index (χ1n) is 7.43. The van der Waals surface area contributed by atoms with Gasteiger partial charge in [0.2, 0.25) is 0 Å². The molecule has 0 atom stereocenters. The third kappa shape index (κ3) is 5.01. The van der Waals surface area contributed by atoms with E-state index in [1.807, 2.05) is 19.1 Å².